The third kappa shape index (κ3) is 8.63. The molecule has 2 fully saturated rings. The molecule has 2 aliphatic heterocycles. The molecule has 0 atom stereocenters. The number of carbonyl (C=O) groups excluding carboxylic acids is 2. The van der Waals surface area contributed by atoms with E-state index in [1.54, 1.807) is 24.3 Å². The summed E-state index contributed by atoms with van der Waals surface area (Å²) < 4.78 is 11.8. The van der Waals surface area contributed by atoms with Crippen molar-refractivity contribution in [2.45, 2.75) is 79.1 Å². The van der Waals surface area contributed by atoms with E-state index in [0.29, 0.717) is 47.4 Å². The smallest absolute Gasteiger partial charge is 0.354 e. The summed E-state index contributed by atoms with van der Waals surface area (Å²) in [5.74, 6) is -0.967. The summed E-state index contributed by atoms with van der Waals surface area (Å²) in [7, 11) is 0. The number of allylic oxidation sites excluding steroid dienone is 5. The fraction of sp³-hybridized carbons (Fsp3) is 0.310. The minimum absolute atomic E-state index is 0.137. The zero-order valence-corrected chi connectivity index (χ0v) is 39.0. The van der Waals surface area contributed by atoms with E-state index in [0.717, 1.165) is 113 Å². The van der Waals surface area contributed by atoms with Crippen LogP contribution < -0.4 is 9.47 Å². The number of nitriles is 2. The molecule has 2 aliphatic carbocycles. The number of hydrogen-bond acceptors (Lipinski definition) is 8. The maximum Gasteiger partial charge on any atom is 0.354 e. The van der Waals surface area contributed by atoms with E-state index < -0.39 is 11.9 Å². The van der Waals surface area contributed by atoms with Crippen LogP contribution in [0.4, 0.5) is 0 Å². The first kappa shape index (κ1) is 45.2. The minimum atomic E-state index is -0.780. The average Bonchev–Trinajstić information content (AvgIpc) is 4.08. The zero-order valence-electron chi connectivity index (χ0n) is 39.0. The maximum atomic E-state index is 13.8. The molecule has 4 aliphatic rings. The molecule has 68 heavy (non-hydrogen) atoms. The topological polar surface area (TPSA) is 115 Å². The Kier molecular flexibility index (Phi) is 12.2. The monoisotopic (exact) mass is 896 g/mol. The van der Waals surface area contributed by atoms with Gasteiger partial charge in [0.25, 0.3) is 5.70 Å². The number of hydrogen-bond donors (Lipinski definition) is 0. The normalized spacial score (nSPS) is 19.2. The molecule has 0 amide bonds. The van der Waals surface area contributed by atoms with E-state index in [4.69, 9.17) is 22.6 Å². The van der Waals surface area contributed by atoms with Crippen molar-refractivity contribution >= 4 is 33.5 Å². The van der Waals surface area contributed by atoms with Gasteiger partial charge in [-0.1, -0.05) is 100 Å². The summed E-state index contributed by atoms with van der Waals surface area (Å²) in [6.45, 7) is 28.1. The Hall–Kier alpha value is -7.92. The summed E-state index contributed by atoms with van der Waals surface area (Å²) in [5.41, 5.74) is 6.63. The predicted molar refractivity (Wildman–Crippen MR) is 264 cm³/mol. The van der Waals surface area contributed by atoms with Crippen molar-refractivity contribution < 1.29 is 19.1 Å². The fourth-order valence-electron chi connectivity index (χ4n) is 10.8. The van der Waals surface area contributed by atoms with Gasteiger partial charge in [0.1, 0.15) is 29.2 Å². The Balaban J connectivity index is 1.01. The van der Waals surface area contributed by atoms with Crippen molar-refractivity contribution in [1.29, 1.82) is 10.5 Å². The Labute approximate surface area is 398 Å². The van der Waals surface area contributed by atoms with Gasteiger partial charge in [0.05, 0.1) is 18.7 Å². The van der Waals surface area contributed by atoms with Crippen molar-refractivity contribution in [3.63, 3.8) is 0 Å². The van der Waals surface area contributed by atoms with Crippen LogP contribution in [0.3, 0.4) is 0 Å². The van der Waals surface area contributed by atoms with E-state index in [9.17, 15) is 20.1 Å². The summed E-state index contributed by atoms with van der Waals surface area (Å²) in [4.78, 5) is 39.7. The lowest BCUT2D eigenvalue weighted by molar-refractivity contribution is -0.130. The number of likely N-dealkylation sites (tertiary alicyclic amines) is 2. The van der Waals surface area contributed by atoms with Crippen LogP contribution in [0.25, 0.3) is 53.5 Å². The quantitative estimate of drug-likeness (QED) is 0.0378. The second-order valence-corrected chi connectivity index (χ2v) is 19.8. The lowest BCUT2D eigenvalue weighted by Gasteiger charge is -2.37. The number of carbonyl (C=O) groups is 2. The van der Waals surface area contributed by atoms with Crippen molar-refractivity contribution in [2.24, 2.45) is 10.8 Å². The molecular formula is C58H52N6O4. The van der Waals surface area contributed by atoms with Crippen LogP contribution in [-0.2, 0) is 9.59 Å². The van der Waals surface area contributed by atoms with Crippen LogP contribution >= 0.6 is 0 Å². The molecule has 5 aromatic rings. The van der Waals surface area contributed by atoms with Crippen LogP contribution in [-0.4, -0.2) is 47.9 Å². The van der Waals surface area contributed by atoms with Crippen LogP contribution in [0.15, 0.2) is 142 Å². The molecule has 0 aromatic heterocycles. The van der Waals surface area contributed by atoms with E-state index in [-0.39, 0.29) is 27.8 Å². The van der Waals surface area contributed by atoms with Crippen molar-refractivity contribution in [2.75, 3.05) is 26.2 Å². The maximum absolute atomic E-state index is 13.8. The molecule has 2 heterocycles. The Morgan fingerprint density at radius 3 is 1.44 bits per heavy atom. The highest BCUT2D eigenvalue weighted by atomic mass is 16.5. The molecule has 0 radical (unpaired) electrons. The van der Waals surface area contributed by atoms with E-state index in [1.165, 1.54) is 0 Å². The highest BCUT2D eigenvalue weighted by Crippen LogP contribution is 2.48. The molecule has 0 bridgehead atoms. The highest BCUT2D eigenvalue weighted by molar-refractivity contribution is 6.21. The first-order chi connectivity index (χ1) is 32.8. The van der Waals surface area contributed by atoms with Crippen LogP contribution in [0, 0.1) is 46.6 Å². The molecular weight excluding hydrogens is 845 g/mol. The molecule has 0 spiro atoms. The van der Waals surface area contributed by atoms with Crippen molar-refractivity contribution in [3.05, 3.63) is 165 Å². The molecule has 10 nitrogen and oxygen atoms in total. The third-order valence-corrected chi connectivity index (χ3v) is 13.8. The second-order valence-electron chi connectivity index (χ2n) is 19.8. The summed E-state index contributed by atoms with van der Waals surface area (Å²) >= 11 is 0. The van der Waals surface area contributed by atoms with E-state index in [2.05, 4.69) is 83.6 Å². The lowest BCUT2D eigenvalue weighted by atomic mass is 9.72. The molecule has 9 rings (SSSR count). The van der Waals surface area contributed by atoms with E-state index in [1.807, 2.05) is 48.5 Å². The number of nitrogens with zero attached hydrogens (tertiary/aromatic N) is 6. The summed E-state index contributed by atoms with van der Waals surface area (Å²) in [6, 6.07) is 35.5. The lowest BCUT2D eigenvalue weighted by Crippen LogP contribution is -2.30. The van der Waals surface area contributed by atoms with Gasteiger partial charge in [0.2, 0.25) is 0 Å². The summed E-state index contributed by atoms with van der Waals surface area (Å²) in [5, 5.41) is 24.7. The van der Waals surface area contributed by atoms with Gasteiger partial charge in [-0.3, -0.25) is 4.79 Å². The number of esters is 2. The Morgan fingerprint density at radius 1 is 0.588 bits per heavy atom. The van der Waals surface area contributed by atoms with Gasteiger partial charge in [-0.25, -0.2) is 14.5 Å². The van der Waals surface area contributed by atoms with Gasteiger partial charge < -0.3 is 19.3 Å². The molecule has 0 saturated carbocycles. The van der Waals surface area contributed by atoms with Gasteiger partial charge in [-0.15, -0.1) is 0 Å². The second kappa shape index (κ2) is 18.4. The zero-order chi connectivity index (χ0) is 47.7. The number of fused-ring (bicyclic) bond motifs is 2. The number of benzene rings is 5. The van der Waals surface area contributed by atoms with Gasteiger partial charge in [-0.05, 0) is 141 Å². The van der Waals surface area contributed by atoms with Crippen LogP contribution in [0.5, 0.6) is 11.5 Å². The third-order valence-electron chi connectivity index (χ3n) is 13.8. The minimum Gasteiger partial charge on any atom is -0.431 e. The van der Waals surface area contributed by atoms with Crippen molar-refractivity contribution in [3.8, 4) is 45.9 Å². The average molecular weight is 897 g/mol. The Bertz CT molecular complexity index is 2930. The van der Waals surface area contributed by atoms with Gasteiger partial charge in [0.15, 0.2) is 5.70 Å². The summed E-state index contributed by atoms with van der Waals surface area (Å²) in [6.07, 6.45) is 6.49. The molecule has 5 aromatic carbocycles. The first-order valence-electron chi connectivity index (χ1n) is 23.4. The molecule has 338 valence electrons. The highest BCUT2D eigenvalue weighted by Gasteiger charge is 2.38. The van der Waals surface area contributed by atoms with Gasteiger partial charge in [-0.2, -0.15) is 10.5 Å². The predicted octanol–water partition coefficient (Wildman–Crippen LogP) is 12.9. The van der Waals surface area contributed by atoms with Crippen LogP contribution in [0.1, 0.15) is 79.1 Å². The van der Waals surface area contributed by atoms with Crippen molar-refractivity contribution in [1.82, 2.24) is 9.80 Å². The molecule has 0 unspecified atom stereocenters. The molecule has 2 saturated heterocycles. The molecule has 0 N–H and O–H groups in total. The largest absolute Gasteiger partial charge is 0.431 e. The standard InChI is InChI=1S/C58H52N6O4/c1-57(2)31-45(47(35-59)49(33-57)63-27-11-12-28-63)48(36-60)55(65)67-39-23-19-37(20-24-39)51-41-15-7-9-17-43(41)52(44-18-10-8-16-42(44)51)38-21-25-40(26-22-38)68-56(66)54(62-6)46-32-58(3,4)34-50(53(46)61-5)64-29-13-14-30-64/h7-10,15-26H,11-14,27-34H2,1-4H3/b48-45+,54-46-. The number of ether oxygens (including phenoxy) is 2. The molecule has 10 heteroatoms. The number of rotatable bonds is 8. The fourth-order valence-corrected chi connectivity index (χ4v) is 10.8. The van der Waals surface area contributed by atoms with E-state index >= 15 is 0 Å². The Morgan fingerprint density at radius 2 is 1.01 bits per heavy atom. The van der Waals surface area contributed by atoms with Gasteiger partial charge in [0, 0.05) is 37.6 Å². The van der Waals surface area contributed by atoms with Gasteiger partial charge >= 0.3 is 11.9 Å². The van der Waals surface area contributed by atoms with Crippen LogP contribution in [0.2, 0.25) is 0 Å². The first-order valence-corrected chi connectivity index (χ1v) is 23.4. The SMILES string of the molecule is [C-]#[N+]C1=C(N2CCCC2)CC(C)(C)C/C1=C(/[N+]#[C-])C(=O)Oc1ccc(-c2c3ccccc3c(-c3ccc(OC(=O)/C(C#N)=C4\CC(C)(C)CC(N5CCCC5)=C4C#N)cc3)c3ccccc23)cc1.